The van der Waals surface area contributed by atoms with Crippen molar-refractivity contribution in [2.75, 3.05) is 11.4 Å². The molecule has 6 heteroatoms. The Hall–Kier alpha value is -1.75. The molecule has 1 fully saturated rings. The van der Waals surface area contributed by atoms with Gasteiger partial charge < -0.3 is 10.1 Å². The molecule has 0 aromatic heterocycles. The Morgan fingerprint density at radius 2 is 2.09 bits per heavy atom. The molecule has 0 aliphatic carbocycles. The average molecular weight is 339 g/mol. The van der Waals surface area contributed by atoms with Crippen LogP contribution in [0.25, 0.3) is 0 Å². The van der Waals surface area contributed by atoms with Crippen LogP contribution in [-0.2, 0) is 9.53 Å². The number of anilines is 1. The Morgan fingerprint density at radius 1 is 1.35 bits per heavy atom. The number of ether oxygens (including phenoxy) is 1. The molecule has 1 aliphatic heterocycles. The predicted molar refractivity (Wildman–Crippen MR) is 90.8 cm³/mol. The maximum Gasteiger partial charge on any atom is 0.415 e. The van der Waals surface area contributed by atoms with E-state index in [0.717, 1.165) is 12.8 Å². The van der Waals surface area contributed by atoms with Crippen LogP contribution in [0, 0.1) is 0 Å². The van der Waals surface area contributed by atoms with Crippen LogP contribution in [0.4, 0.5) is 10.5 Å². The smallest absolute Gasteiger partial charge is 0.415 e. The molecule has 0 bridgehead atoms. The van der Waals surface area contributed by atoms with E-state index < -0.39 is 17.7 Å². The number of carbonyl (C=O) groups is 2. The summed E-state index contributed by atoms with van der Waals surface area (Å²) in [5.74, 6) is -0.159. The van der Waals surface area contributed by atoms with E-state index in [-0.39, 0.29) is 5.91 Å². The highest BCUT2D eigenvalue weighted by Gasteiger charge is 2.34. The fourth-order valence-corrected chi connectivity index (χ4v) is 2.70. The second-order valence-electron chi connectivity index (χ2n) is 6.63. The number of halogens is 1. The SMILES string of the molecule is CC(C)(C)OC(=O)N(c1cccc(Cl)c1)C1CCCCNC1=O. The van der Waals surface area contributed by atoms with Gasteiger partial charge in [-0.15, -0.1) is 0 Å². The van der Waals surface area contributed by atoms with Gasteiger partial charge >= 0.3 is 6.09 Å². The lowest BCUT2D eigenvalue weighted by molar-refractivity contribution is -0.122. The first-order chi connectivity index (χ1) is 10.8. The van der Waals surface area contributed by atoms with E-state index in [4.69, 9.17) is 16.3 Å². The molecule has 2 rings (SSSR count). The van der Waals surface area contributed by atoms with E-state index >= 15 is 0 Å². The number of hydrogen-bond acceptors (Lipinski definition) is 3. The quantitative estimate of drug-likeness (QED) is 0.893. The maximum atomic E-state index is 12.7. The molecule has 5 nitrogen and oxygen atoms in total. The lowest BCUT2D eigenvalue weighted by Crippen LogP contribution is -2.50. The van der Waals surface area contributed by atoms with Crippen molar-refractivity contribution in [1.82, 2.24) is 5.32 Å². The van der Waals surface area contributed by atoms with Crippen LogP contribution in [0.1, 0.15) is 40.0 Å². The van der Waals surface area contributed by atoms with E-state index in [0.29, 0.717) is 23.7 Å². The zero-order chi connectivity index (χ0) is 17.0. The van der Waals surface area contributed by atoms with Crippen molar-refractivity contribution in [2.45, 2.75) is 51.7 Å². The van der Waals surface area contributed by atoms with Crippen LogP contribution in [0.5, 0.6) is 0 Å². The minimum atomic E-state index is -0.644. The third-order valence-corrected chi connectivity index (χ3v) is 3.73. The molecule has 1 heterocycles. The van der Waals surface area contributed by atoms with Gasteiger partial charge in [0.25, 0.3) is 0 Å². The summed E-state index contributed by atoms with van der Waals surface area (Å²) in [4.78, 5) is 26.5. The molecule has 1 saturated heterocycles. The zero-order valence-electron chi connectivity index (χ0n) is 13.8. The van der Waals surface area contributed by atoms with Crippen molar-refractivity contribution in [3.8, 4) is 0 Å². The van der Waals surface area contributed by atoms with Crippen LogP contribution < -0.4 is 10.2 Å². The van der Waals surface area contributed by atoms with Crippen molar-refractivity contribution < 1.29 is 14.3 Å². The van der Waals surface area contributed by atoms with Gasteiger partial charge in [-0.05, 0) is 58.2 Å². The molecule has 1 aromatic rings. The third kappa shape index (κ3) is 4.86. The molecule has 0 radical (unpaired) electrons. The van der Waals surface area contributed by atoms with Gasteiger partial charge in [0, 0.05) is 17.3 Å². The molecule has 1 atom stereocenters. The van der Waals surface area contributed by atoms with Crippen molar-refractivity contribution >= 4 is 29.3 Å². The molecule has 23 heavy (non-hydrogen) atoms. The van der Waals surface area contributed by atoms with Crippen molar-refractivity contribution in [1.29, 1.82) is 0 Å². The lowest BCUT2D eigenvalue weighted by Gasteiger charge is -2.32. The monoisotopic (exact) mass is 338 g/mol. The first-order valence-electron chi connectivity index (χ1n) is 7.83. The third-order valence-electron chi connectivity index (χ3n) is 3.49. The molecule has 1 N–H and O–H groups in total. The first kappa shape index (κ1) is 17.6. The standard InChI is InChI=1S/C17H23ClN2O3/c1-17(2,3)23-16(22)20(13-8-6-7-12(18)11-13)14-9-4-5-10-19-15(14)21/h6-8,11,14H,4-5,9-10H2,1-3H3,(H,19,21). The first-order valence-corrected chi connectivity index (χ1v) is 8.21. The minimum Gasteiger partial charge on any atom is -0.443 e. The summed E-state index contributed by atoms with van der Waals surface area (Å²) >= 11 is 6.05. The van der Waals surface area contributed by atoms with Gasteiger partial charge in [-0.25, -0.2) is 4.79 Å². The molecule has 0 spiro atoms. The van der Waals surface area contributed by atoms with Gasteiger partial charge in [-0.1, -0.05) is 17.7 Å². The van der Waals surface area contributed by atoms with Gasteiger partial charge in [0.2, 0.25) is 5.91 Å². The molecule has 2 amide bonds. The molecule has 0 saturated carbocycles. The molecule has 1 aromatic carbocycles. The van der Waals surface area contributed by atoms with Crippen molar-refractivity contribution in [3.63, 3.8) is 0 Å². The summed E-state index contributed by atoms with van der Waals surface area (Å²) in [6.07, 6.45) is 1.82. The summed E-state index contributed by atoms with van der Waals surface area (Å²) in [6.45, 7) is 6.03. The fraction of sp³-hybridized carbons (Fsp3) is 0.529. The Kier molecular flexibility index (Phi) is 5.52. The van der Waals surface area contributed by atoms with Crippen LogP contribution >= 0.6 is 11.6 Å². The minimum absolute atomic E-state index is 0.159. The van der Waals surface area contributed by atoms with Crippen molar-refractivity contribution in [3.05, 3.63) is 29.3 Å². The molecule has 1 aliphatic rings. The number of carbonyl (C=O) groups excluding carboxylic acids is 2. The van der Waals surface area contributed by atoms with E-state index in [1.165, 1.54) is 4.90 Å². The van der Waals surface area contributed by atoms with Crippen LogP contribution in [-0.4, -0.2) is 30.2 Å². The lowest BCUT2D eigenvalue weighted by atomic mass is 10.1. The fourth-order valence-electron chi connectivity index (χ4n) is 2.52. The normalized spacial score (nSPS) is 18.8. The highest BCUT2D eigenvalue weighted by Crippen LogP contribution is 2.26. The summed E-state index contributed by atoms with van der Waals surface area (Å²) < 4.78 is 5.50. The van der Waals surface area contributed by atoms with E-state index in [1.807, 2.05) is 0 Å². The van der Waals surface area contributed by atoms with Gasteiger partial charge in [-0.2, -0.15) is 0 Å². The van der Waals surface area contributed by atoms with Crippen LogP contribution in [0.3, 0.4) is 0 Å². The van der Waals surface area contributed by atoms with Gasteiger partial charge in [0.15, 0.2) is 0 Å². The Labute approximate surface area is 141 Å². The number of nitrogens with one attached hydrogen (secondary N) is 1. The summed E-state index contributed by atoms with van der Waals surface area (Å²) in [6, 6.07) is 6.32. The van der Waals surface area contributed by atoms with E-state index in [9.17, 15) is 9.59 Å². The predicted octanol–water partition coefficient (Wildman–Crippen LogP) is 3.75. The number of amides is 2. The van der Waals surface area contributed by atoms with Gasteiger partial charge in [0.05, 0.1) is 0 Å². The number of nitrogens with zero attached hydrogens (tertiary/aromatic N) is 1. The largest absolute Gasteiger partial charge is 0.443 e. The van der Waals surface area contributed by atoms with Gasteiger partial charge in [-0.3, -0.25) is 9.69 Å². The summed E-state index contributed by atoms with van der Waals surface area (Å²) in [5.41, 5.74) is -0.0800. The van der Waals surface area contributed by atoms with E-state index in [2.05, 4.69) is 5.32 Å². The second kappa shape index (κ2) is 7.21. The Balaban J connectivity index is 2.37. The van der Waals surface area contributed by atoms with Crippen LogP contribution in [0.2, 0.25) is 5.02 Å². The number of hydrogen-bond donors (Lipinski definition) is 1. The number of benzene rings is 1. The molecule has 126 valence electrons. The van der Waals surface area contributed by atoms with Crippen LogP contribution in [0.15, 0.2) is 24.3 Å². The average Bonchev–Trinajstić information content (AvgIpc) is 2.63. The highest BCUT2D eigenvalue weighted by molar-refractivity contribution is 6.30. The zero-order valence-corrected chi connectivity index (χ0v) is 14.5. The van der Waals surface area contributed by atoms with E-state index in [1.54, 1.807) is 45.0 Å². The maximum absolute atomic E-state index is 12.7. The van der Waals surface area contributed by atoms with Gasteiger partial charge in [0.1, 0.15) is 11.6 Å². The Bertz CT molecular complexity index is 583. The number of rotatable bonds is 2. The topological polar surface area (TPSA) is 58.6 Å². The summed E-state index contributed by atoms with van der Waals surface area (Å²) in [7, 11) is 0. The Morgan fingerprint density at radius 3 is 2.74 bits per heavy atom. The van der Waals surface area contributed by atoms with Crippen molar-refractivity contribution in [2.24, 2.45) is 0 Å². The second-order valence-corrected chi connectivity index (χ2v) is 7.07. The summed E-state index contributed by atoms with van der Waals surface area (Å²) in [5, 5.41) is 3.36. The highest BCUT2D eigenvalue weighted by atomic mass is 35.5. The molecule has 1 unspecified atom stereocenters. The molecular formula is C17H23ClN2O3. The molecular weight excluding hydrogens is 316 g/mol.